The molecular formula is C20H17. The van der Waals surface area contributed by atoms with Crippen molar-refractivity contribution in [3.8, 4) is 22.3 Å². The van der Waals surface area contributed by atoms with Crippen LogP contribution in [-0.4, -0.2) is 0 Å². The van der Waals surface area contributed by atoms with Crippen LogP contribution in [0.15, 0.2) is 66.7 Å². The average molecular weight is 257 g/mol. The van der Waals surface area contributed by atoms with Crippen LogP contribution in [0.4, 0.5) is 0 Å². The standard InChI is InChI=1S/C20H17/c1-15-8-3-5-12-19(15)17-10-7-11-18(14-17)20-13-6-4-9-16(20)2/h3-6,8-14H,1-2H3. The molecule has 3 rings (SSSR count). The van der Waals surface area contributed by atoms with Crippen molar-refractivity contribution in [2.24, 2.45) is 0 Å². The summed E-state index contributed by atoms with van der Waals surface area (Å²) in [5.41, 5.74) is 7.59. The molecule has 3 aromatic rings. The van der Waals surface area contributed by atoms with Gasteiger partial charge in [0.15, 0.2) is 0 Å². The minimum Gasteiger partial charge on any atom is -0.0620 e. The normalized spacial score (nSPS) is 10.5. The van der Waals surface area contributed by atoms with Crippen molar-refractivity contribution >= 4 is 0 Å². The summed E-state index contributed by atoms with van der Waals surface area (Å²) < 4.78 is 0. The zero-order valence-corrected chi connectivity index (χ0v) is 11.9. The second kappa shape index (κ2) is 5.34. The highest BCUT2D eigenvalue weighted by Gasteiger charge is 2.05. The van der Waals surface area contributed by atoms with Crippen molar-refractivity contribution in [2.45, 2.75) is 13.8 Å². The molecule has 0 nitrogen and oxygen atoms in total. The lowest BCUT2D eigenvalue weighted by atomic mass is 9.95. The van der Waals surface area contributed by atoms with Gasteiger partial charge >= 0.3 is 0 Å². The molecule has 0 N–H and O–H groups in total. The van der Waals surface area contributed by atoms with E-state index in [0.29, 0.717) is 0 Å². The van der Waals surface area contributed by atoms with E-state index in [1.54, 1.807) is 0 Å². The average Bonchev–Trinajstić information content (AvgIpc) is 2.48. The molecule has 0 aromatic heterocycles. The molecule has 0 spiro atoms. The summed E-state index contributed by atoms with van der Waals surface area (Å²) in [4.78, 5) is 0. The Labute approximate surface area is 120 Å². The fourth-order valence-corrected chi connectivity index (χ4v) is 2.58. The van der Waals surface area contributed by atoms with Gasteiger partial charge in [0, 0.05) is 0 Å². The van der Waals surface area contributed by atoms with Gasteiger partial charge in [-0.3, -0.25) is 0 Å². The van der Waals surface area contributed by atoms with Crippen LogP contribution in [0.25, 0.3) is 22.3 Å². The Morgan fingerprint density at radius 2 is 1.10 bits per heavy atom. The van der Waals surface area contributed by atoms with Crippen LogP contribution in [0.1, 0.15) is 11.1 Å². The zero-order chi connectivity index (χ0) is 13.9. The van der Waals surface area contributed by atoms with Crippen molar-refractivity contribution in [3.63, 3.8) is 0 Å². The summed E-state index contributed by atoms with van der Waals surface area (Å²) in [6.45, 7) is 4.30. The van der Waals surface area contributed by atoms with Crippen molar-refractivity contribution in [3.05, 3.63) is 83.9 Å². The SMILES string of the molecule is Cc1ccccc1-c1c[c]cc(-c2ccccc2C)c1. The molecule has 0 saturated heterocycles. The second-order valence-electron chi connectivity index (χ2n) is 5.14. The molecule has 0 atom stereocenters. The molecule has 0 aliphatic carbocycles. The maximum atomic E-state index is 3.28. The summed E-state index contributed by atoms with van der Waals surface area (Å²) in [5, 5.41) is 0. The van der Waals surface area contributed by atoms with E-state index in [1.807, 2.05) is 0 Å². The minimum absolute atomic E-state index is 1.23. The first kappa shape index (κ1) is 12.7. The lowest BCUT2D eigenvalue weighted by molar-refractivity contribution is 1.44. The molecular weight excluding hydrogens is 240 g/mol. The Bertz CT molecular complexity index is 678. The summed E-state index contributed by atoms with van der Waals surface area (Å²) in [7, 11) is 0. The Kier molecular flexibility index (Phi) is 3.39. The number of benzene rings is 3. The lowest BCUT2D eigenvalue weighted by Crippen LogP contribution is -1.86. The van der Waals surface area contributed by atoms with E-state index in [0.717, 1.165) is 0 Å². The molecule has 0 bridgehead atoms. The van der Waals surface area contributed by atoms with Crippen molar-refractivity contribution in [1.82, 2.24) is 0 Å². The first-order chi connectivity index (χ1) is 9.75. The minimum atomic E-state index is 1.23. The molecule has 0 fully saturated rings. The summed E-state index contributed by atoms with van der Waals surface area (Å²) in [6, 6.07) is 26.6. The van der Waals surface area contributed by atoms with E-state index in [1.165, 1.54) is 33.4 Å². The van der Waals surface area contributed by atoms with Crippen molar-refractivity contribution < 1.29 is 0 Å². The van der Waals surface area contributed by atoms with E-state index in [2.05, 4.69) is 86.6 Å². The van der Waals surface area contributed by atoms with E-state index in [9.17, 15) is 0 Å². The second-order valence-corrected chi connectivity index (χ2v) is 5.14. The lowest BCUT2D eigenvalue weighted by Gasteiger charge is -2.10. The van der Waals surface area contributed by atoms with Gasteiger partial charge in [0.1, 0.15) is 0 Å². The van der Waals surface area contributed by atoms with Crippen molar-refractivity contribution in [1.29, 1.82) is 0 Å². The molecule has 0 amide bonds. The Morgan fingerprint density at radius 3 is 1.55 bits per heavy atom. The van der Waals surface area contributed by atoms with Crippen LogP contribution in [0.5, 0.6) is 0 Å². The van der Waals surface area contributed by atoms with Crippen LogP contribution in [0.2, 0.25) is 0 Å². The van der Waals surface area contributed by atoms with Gasteiger partial charge in [0.2, 0.25) is 0 Å². The largest absolute Gasteiger partial charge is 0.0620 e. The Morgan fingerprint density at radius 1 is 0.650 bits per heavy atom. The molecule has 0 heterocycles. The van der Waals surface area contributed by atoms with Gasteiger partial charge in [-0.2, -0.15) is 0 Å². The van der Waals surface area contributed by atoms with Crippen molar-refractivity contribution in [2.75, 3.05) is 0 Å². The topological polar surface area (TPSA) is 0 Å². The monoisotopic (exact) mass is 257 g/mol. The molecule has 0 saturated carbocycles. The highest BCUT2D eigenvalue weighted by molar-refractivity contribution is 5.75. The summed E-state index contributed by atoms with van der Waals surface area (Å²) in [5.74, 6) is 0. The third kappa shape index (κ3) is 2.37. The maximum Gasteiger partial charge on any atom is -0.0154 e. The fourth-order valence-electron chi connectivity index (χ4n) is 2.58. The van der Waals surface area contributed by atoms with Gasteiger partial charge in [0.25, 0.3) is 0 Å². The first-order valence-corrected chi connectivity index (χ1v) is 6.89. The van der Waals surface area contributed by atoms with Crippen LogP contribution >= 0.6 is 0 Å². The molecule has 20 heavy (non-hydrogen) atoms. The number of rotatable bonds is 2. The maximum absolute atomic E-state index is 3.28. The number of aryl methyl sites for hydroxylation is 2. The highest BCUT2D eigenvalue weighted by atomic mass is 14.1. The molecule has 0 heteroatoms. The molecule has 3 aromatic carbocycles. The van der Waals surface area contributed by atoms with Crippen LogP contribution in [-0.2, 0) is 0 Å². The van der Waals surface area contributed by atoms with Gasteiger partial charge in [-0.1, -0.05) is 48.5 Å². The predicted molar refractivity (Wildman–Crippen MR) is 85.6 cm³/mol. The molecule has 0 aliphatic rings. The fraction of sp³-hybridized carbons (Fsp3) is 0.100. The highest BCUT2D eigenvalue weighted by Crippen LogP contribution is 2.29. The number of hydrogen-bond acceptors (Lipinski definition) is 0. The van der Waals surface area contributed by atoms with Crippen LogP contribution in [0.3, 0.4) is 0 Å². The van der Waals surface area contributed by atoms with Crippen LogP contribution < -0.4 is 0 Å². The molecule has 0 unspecified atom stereocenters. The summed E-state index contributed by atoms with van der Waals surface area (Å²) in [6.07, 6.45) is 0. The Balaban J connectivity index is 2.12. The summed E-state index contributed by atoms with van der Waals surface area (Å²) >= 11 is 0. The third-order valence-electron chi connectivity index (χ3n) is 3.70. The molecule has 97 valence electrons. The zero-order valence-electron chi connectivity index (χ0n) is 11.9. The van der Waals surface area contributed by atoms with E-state index >= 15 is 0 Å². The van der Waals surface area contributed by atoms with Gasteiger partial charge in [-0.05, 0) is 71.5 Å². The predicted octanol–water partition coefficient (Wildman–Crippen LogP) is 5.44. The van der Waals surface area contributed by atoms with Crippen LogP contribution in [0, 0.1) is 19.9 Å². The van der Waals surface area contributed by atoms with Gasteiger partial charge in [-0.15, -0.1) is 0 Å². The third-order valence-corrected chi connectivity index (χ3v) is 3.70. The van der Waals surface area contributed by atoms with E-state index < -0.39 is 0 Å². The number of hydrogen-bond donors (Lipinski definition) is 0. The van der Waals surface area contributed by atoms with Gasteiger partial charge in [-0.25, -0.2) is 0 Å². The van der Waals surface area contributed by atoms with E-state index in [4.69, 9.17) is 0 Å². The molecule has 1 radical (unpaired) electrons. The first-order valence-electron chi connectivity index (χ1n) is 6.89. The van der Waals surface area contributed by atoms with E-state index in [-0.39, 0.29) is 0 Å². The van der Waals surface area contributed by atoms with Gasteiger partial charge in [0.05, 0.1) is 0 Å². The van der Waals surface area contributed by atoms with Gasteiger partial charge < -0.3 is 0 Å². The Hall–Kier alpha value is -2.34. The molecule has 0 aliphatic heterocycles. The smallest absolute Gasteiger partial charge is 0.0154 e. The quantitative estimate of drug-likeness (QED) is 0.573.